The predicted octanol–water partition coefficient (Wildman–Crippen LogP) is 1.82. The summed E-state index contributed by atoms with van der Waals surface area (Å²) in [6.45, 7) is 0. The van der Waals surface area contributed by atoms with Crippen LogP contribution in [0.25, 0.3) is 5.52 Å². The van der Waals surface area contributed by atoms with Crippen LogP contribution in [0.3, 0.4) is 0 Å². The molecule has 0 bridgehead atoms. The van der Waals surface area contributed by atoms with Crippen LogP contribution in [-0.4, -0.2) is 9.61 Å². The zero-order chi connectivity index (χ0) is 7.97. The summed E-state index contributed by atoms with van der Waals surface area (Å²) >= 11 is 0. The normalized spacial score (nSPS) is 15.3. The Hall–Kier alpha value is -1.31. The van der Waals surface area contributed by atoms with E-state index in [0.29, 0.717) is 0 Å². The molecule has 0 aromatic carbocycles. The minimum Gasteiger partial charge on any atom is -0.241 e. The van der Waals surface area contributed by atoms with Crippen LogP contribution in [0.4, 0.5) is 0 Å². The second kappa shape index (κ2) is 2.09. The van der Waals surface area contributed by atoms with E-state index in [0.717, 1.165) is 0 Å². The molecule has 0 spiro atoms. The van der Waals surface area contributed by atoms with Crippen molar-refractivity contribution in [3.8, 4) is 0 Å². The first-order valence-corrected chi connectivity index (χ1v) is 4.39. The fourth-order valence-corrected chi connectivity index (χ4v) is 2.08. The number of pyridine rings is 1. The van der Waals surface area contributed by atoms with Gasteiger partial charge in [-0.25, -0.2) is 4.52 Å². The summed E-state index contributed by atoms with van der Waals surface area (Å²) in [4.78, 5) is 0. The van der Waals surface area contributed by atoms with Gasteiger partial charge in [0.15, 0.2) is 0 Å². The first-order chi connectivity index (χ1) is 5.95. The molecule has 1 aliphatic rings. The lowest BCUT2D eigenvalue weighted by Crippen LogP contribution is -1.91. The van der Waals surface area contributed by atoms with Crippen molar-refractivity contribution in [3.05, 3.63) is 35.7 Å². The van der Waals surface area contributed by atoms with Gasteiger partial charge in [-0.3, -0.25) is 0 Å². The Labute approximate surface area is 70.8 Å². The van der Waals surface area contributed by atoms with E-state index in [2.05, 4.69) is 23.4 Å². The molecule has 3 rings (SSSR count). The molecule has 2 aromatic rings. The van der Waals surface area contributed by atoms with Crippen LogP contribution in [0.5, 0.6) is 0 Å². The highest BCUT2D eigenvalue weighted by Crippen LogP contribution is 2.25. The molecule has 2 aromatic heterocycles. The van der Waals surface area contributed by atoms with Crippen molar-refractivity contribution in [2.24, 2.45) is 0 Å². The summed E-state index contributed by atoms with van der Waals surface area (Å²) in [6, 6.07) is 4.30. The highest BCUT2D eigenvalue weighted by Gasteiger charge is 2.13. The maximum Gasteiger partial charge on any atom is 0.0696 e. The molecule has 0 aliphatic heterocycles. The highest BCUT2D eigenvalue weighted by atomic mass is 15.2. The van der Waals surface area contributed by atoms with Gasteiger partial charge in [-0.2, -0.15) is 5.10 Å². The molecule has 2 nitrogen and oxygen atoms in total. The largest absolute Gasteiger partial charge is 0.241 e. The third kappa shape index (κ3) is 0.670. The zero-order valence-electron chi connectivity index (χ0n) is 6.83. The van der Waals surface area contributed by atoms with Gasteiger partial charge in [-0.15, -0.1) is 0 Å². The van der Waals surface area contributed by atoms with Crippen molar-refractivity contribution in [1.82, 2.24) is 9.61 Å². The average Bonchev–Trinajstić information content (AvgIpc) is 2.71. The first kappa shape index (κ1) is 6.23. The van der Waals surface area contributed by atoms with Crippen LogP contribution < -0.4 is 0 Å². The van der Waals surface area contributed by atoms with Gasteiger partial charge in [0.2, 0.25) is 0 Å². The van der Waals surface area contributed by atoms with E-state index in [1.54, 1.807) is 0 Å². The van der Waals surface area contributed by atoms with Crippen molar-refractivity contribution in [1.29, 1.82) is 0 Å². The van der Waals surface area contributed by atoms with E-state index in [-0.39, 0.29) is 0 Å². The number of aryl methyl sites for hydroxylation is 2. The Morgan fingerprint density at radius 1 is 1.25 bits per heavy atom. The second-order valence-corrected chi connectivity index (χ2v) is 3.33. The third-order valence-corrected chi connectivity index (χ3v) is 2.66. The molecule has 1 aliphatic carbocycles. The lowest BCUT2D eigenvalue weighted by atomic mass is 10.1. The Morgan fingerprint density at radius 3 is 3.25 bits per heavy atom. The van der Waals surface area contributed by atoms with Gasteiger partial charge in [0.1, 0.15) is 0 Å². The molecule has 0 N–H and O–H groups in total. The van der Waals surface area contributed by atoms with Crippen LogP contribution >= 0.6 is 0 Å². The topological polar surface area (TPSA) is 17.3 Å². The van der Waals surface area contributed by atoms with Crippen LogP contribution in [0, 0.1) is 0 Å². The van der Waals surface area contributed by atoms with Crippen LogP contribution in [0.2, 0.25) is 0 Å². The monoisotopic (exact) mass is 158 g/mol. The summed E-state index contributed by atoms with van der Waals surface area (Å²) in [5.74, 6) is 0. The summed E-state index contributed by atoms with van der Waals surface area (Å²) in [5.41, 5.74) is 4.32. The molecular formula is C10H10N2. The van der Waals surface area contributed by atoms with Crippen LogP contribution in [0.1, 0.15) is 17.5 Å². The minimum absolute atomic E-state index is 1.23. The SMILES string of the molecule is c1cc2c3c(ccn2n1)CCC3. The molecule has 12 heavy (non-hydrogen) atoms. The fraction of sp³-hybridized carbons (Fsp3) is 0.300. The molecule has 60 valence electrons. The fourth-order valence-electron chi connectivity index (χ4n) is 2.08. The predicted molar refractivity (Wildman–Crippen MR) is 47.2 cm³/mol. The summed E-state index contributed by atoms with van der Waals surface area (Å²) in [7, 11) is 0. The number of fused-ring (bicyclic) bond motifs is 3. The Morgan fingerprint density at radius 2 is 2.25 bits per heavy atom. The van der Waals surface area contributed by atoms with Crippen LogP contribution in [-0.2, 0) is 12.8 Å². The number of hydrogen-bond acceptors (Lipinski definition) is 1. The number of hydrogen-bond donors (Lipinski definition) is 0. The van der Waals surface area contributed by atoms with Gasteiger partial charge in [0, 0.05) is 12.4 Å². The lowest BCUT2D eigenvalue weighted by molar-refractivity contribution is 0.912. The average molecular weight is 158 g/mol. The Kier molecular flexibility index (Phi) is 1.09. The maximum absolute atomic E-state index is 4.21. The van der Waals surface area contributed by atoms with E-state index < -0.39 is 0 Å². The molecular weight excluding hydrogens is 148 g/mol. The van der Waals surface area contributed by atoms with Gasteiger partial charge in [-0.1, -0.05) is 0 Å². The molecule has 0 atom stereocenters. The van der Waals surface area contributed by atoms with Crippen molar-refractivity contribution < 1.29 is 0 Å². The highest BCUT2D eigenvalue weighted by molar-refractivity contribution is 5.58. The van der Waals surface area contributed by atoms with E-state index in [9.17, 15) is 0 Å². The molecule has 0 unspecified atom stereocenters. The van der Waals surface area contributed by atoms with Gasteiger partial charge >= 0.3 is 0 Å². The number of rotatable bonds is 0. The number of aromatic nitrogens is 2. The molecule has 0 fully saturated rings. The molecule has 0 saturated carbocycles. The van der Waals surface area contributed by atoms with Gasteiger partial charge in [-0.05, 0) is 42.5 Å². The standard InChI is InChI=1S/C10H10N2/c1-2-8-5-7-12-10(4-6-11-12)9(8)3-1/h4-7H,1-3H2. The summed E-state index contributed by atoms with van der Waals surface area (Å²) in [5, 5.41) is 4.21. The van der Waals surface area contributed by atoms with E-state index in [4.69, 9.17) is 0 Å². The number of nitrogens with zero attached hydrogens (tertiary/aromatic N) is 2. The second-order valence-electron chi connectivity index (χ2n) is 3.33. The third-order valence-electron chi connectivity index (χ3n) is 2.66. The van der Waals surface area contributed by atoms with Gasteiger partial charge in [0.05, 0.1) is 5.52 Å². The molecule has 2 heterocycles. The maximum atomic E-state index is 4.21. The van der Waals surface area contributed by atoms with Crippen LogP contribution in [0.15, 0.2) is 24.5 Å². The van der Waals surface area contributed by atoms with E-state index in [1.807, 2.05) is 10.7 Å². The van der Waals surface area contributed by atoms with Crippen molar-refractivity contribution in [3.63, 3.8) is 0 Å². The lowest BCUT2D eigenvalue weighted by Gasteiger charge is -2.00. The smallest absolute Gasteiger partial charge is 0.0696 e. The Balaban J connectivity index is 2.46. The van der Waals surface area contributed by atoms with E-state index >= 15 is 0 Å². The first-order valence-electron chi connectivity index (χ1n) is 4.39. The van der Waals surface area contributed by atoms with Crippen molar-refractivity contribution in [2.75, 3.05) is 0 Å². The van der Waals surface area contributed by atoms with Crippen molar-refractivity contribution in [2.45, 2.75) is 19.3 Å². The Bertz CT molecular complexity index is 428. The minimum atomic E-state index is 1.23. The molecule has 0 saturated heterocycles. The molecule has 0 amide bonds. The zero-order valence-corrected chi connectivity index (χ0v) is 6.83. The summed E-state index contributed by atoms with van der Waals surface area (Å²) < 4.78 is 1.96. The van der Waals surface area contributed by atoms with Gasteiger partial charge in [0.25, 0.3) is 0 Å². The van der Waals surface area contributed by atoms with E-state index in [1.165, 1.54) is 35.9 Å². The van der Waals surface area contributed by atoms with Crippen molar-refractivity contribution >= 4 is 5.52 Å². The molecule has 0 radical (unpaired) electrons. The quantitative estimate of drug-likeness (QED) is 0.571. The summed E-state index contributed by atoms with van der Waals surface area (Å²) in [6.07, 6.45) is 7.70. The molecule has 2 heteroatoms. The van der Waals surface area contributed by atoms with Gasteiger partial charge < -0.3 is 0 Å².